The van der Waals surface area contributed by atoms with Crippen molar-refractivity contribution in [2.24, 2.45) is 28.6 Å². The second-order valence-electron chi connectivity index (χ2n) is 11.4. The Kier molecular flexibility index (Phi) is 6.60. The van der Waals surface area contributed by atoms with Crippen LogP contribution in [0.4, 0.5) is 4.39 Å². The molecule has 0 radical (unpaired) electrons. The Hall–Kier alpha value is -2.35. The van der Waals surface area contributed by atoms with Crippen LogP contribution in [0.3, 0.4) is 0 Å². The third kappa shape index (κ3) is 3.39. The molecule has 8 atom stereocenters. The van der Waals surface area contributed by atoms with Crippen molar-refractivity contribution < 1.29 is 38.1 Å². The van der Waals surface area contributed by atoms with E-state index in [1.54, 1.807) is 33.8 Å². The molecule has 4 aliphatic rings. The normalized spacial score (nSPS) is 43.1. The second kappa shape index (κ2) is 8.89. The maximum Gasteiger partial charge on any atom is 0.306 e. The average Bonchev–Trinajstić information content (AvgIpc) is 3.05. The van der Waals surface area contributed by atoms with Crippen molar-refractivity contribution in [2.45, 2.75) is 90.5 Å². The zero-order chi connectivity index (χ0) is 26.7. The molecule has 4 aliphatic carbocycles. The first-order valence-corrected chi connectivity index (χ1v) is 13.0. The predicted molar refractivity (Wildman–Crippen MR) is 128 cm³/mol. The lowest BCUT2D eigenvalue weighted by Gasteiger charge is -2.62. The number of Topliss-reactive ketones (excluding diaryl/α,β-unsaturated/α-hetero) is 1. The lowest BCUT2D eigenvalue weighted by Crippen LogP contribution is -2.70. The van der Waals surface area contributed by atoms with E-state index >= 15 is 4.39 Å². The predicted octanol–water partition coefficient (Wildman–Crippen LogP) is 3.82. The number of ketones is 2. The van der Waals surface area contributed by atoms with Gasteiger partial charge in [0.05, 0.1) is 6.10 Å². The van der Waals surface area contributed by atoms with E-state index in [1.165, 1.54) is 12.2 Å². The molecule has 0 heterocycles. The maximum absolute atomic E-state index is 17.4. The molecule has 0 aromatic rings. The Morgan fingerprint density at radius 2 is 1.81 bits per heavy atom. The molecule has 3 saturated carbocycles. The fraction of sp³-hybridized carbons (Fsp3) is 0.714. The Labute approximate surface area is 211 Å². The summed E-state index contributed by atoms with van der Waals surface area (Å²) in [6, 6.07) is 0. The monoisotopic (exact) mass is 504 g/mol. The number of esters is 2. The number of aliphatic hydroxyl groups is 1. The average molecular weight is 505 g/mol. The van der Waals surface area contributed by atoms with Crippen LogP contribution in [0.15, 0.2) is 23.8 Å². The zero-order valence-electron chi connectivity index (χ0n) is 21.8. The number of rotatable bonds is 6. The molecule has 0 aliphatic heterocycles. The topological polar surface area (TPSA) is 107 Å². The third-order valence-corrected chi connectivity index (χ3v) is 9.81. The Balaban J connectivity index is 1.80. The van der Waals surface area contributed by atoms with Gasteiger partial charge in [-0.3, -0.25) is 19.2 Å². The molecular weight excluding hydrogens is 467 g/mol. The summed E-state index contributed by atoms with van der Waals surface area (Å²) in [6.45, 7) is 8.05. The van der Waals surface area contributed by atoms with Crippen molar-refractivity contribution in [1.29, 1.82) is 0 Å². The van der Waals surface area contributed by atoms with Gasteiger partial charge in [0.1, 0.15) is 0 Å². The van der Waals surface area contributed by atoms with Gasteiger partial charge in [0.2, 0.25) is 5.78 Å². The molecule has 0 amide bonds. The van der Waals surface area contributed by atoms with Gasteiger partial charge >= 0.3 is 11.9 Å². The summed E-state index contributed by atoms with van der Waals surface area (Å²) in [6.07, 6.45) is 4.32. The fourth-order valence-corrected chi connectivity index (χ4v) is 8.01. The van der Waals surface area contributed by atoms with Gasteiger partial charge in [0, 0.05) is 35.5 Å². The number of ether oxygens (including phenoxy) is 2. The Morgan fingerprint density at radius 3 is 2.44 bits per heavy atom. The van der Waals surface area contributed by atoms with Crippen LogP contribution in [0.2, 0.25) is 0 Å². The van der Waals surface area contributed by atoms with E-state index in [1.807, 2.05) is 6.92 Å². The van der Waals surface area contributed by atoms with E-state index in [-0.39, 0.29) is 31.0 Å². The van der Waals surface area contributed by atoms with Crippen molar-refractivity contribution in [3.63, 3.8) is 0 Å². The molecule has 4 rings (SSSR count). The highest BCUT2D eigenvalue weighted by Crippen LogP contribution is 2.71. The van der Waals surface area contributed by atoms with Crippen molar-refractivity contribution >= 4 is 23.5 Å². The van der Waals surface area contributed by atoms with Crippen molar-refractivity contribution in [3.8, 4) is 0 Å². The SMILES string of the molecule is CCC(=O)OCC(=O)[C@@]1(OC(=O)CC)C(C)C[C@H]2C3CCC4=CC(=O)C=CC4(C)[C@@]3(F)[C@@H](O)CC21C. The van der Waals surface area contributed by atoms with Crippen LogP contribution in [-0.2, 0) is 28.7 Å². The van der Waals surface area contributed by atoms with Crippen LogP contribution in [0, 0.1) is 28.6 Å². The van der Waals surface area contributed by atoms with E-state index in [0.29, 0.717) is 24.8 Å². The number of aliphatic hydroxyl groups excluding tert-OH is 1. The molecule has 198 valence electrons. The molecule has 0 aromatic heterocycles. The van der Waals surface area contributed by atoms with Gasteiger partial charge in [0.25, 0.3) is 0 Å². The number of alkyl halides is 1. The van der Waals surface area contributed by atoms with E-state index < -0.39 is 64.4 Å². The van der Waals surface area contributed by atoms with Crippen LogP contribution in [0.1, 0.15) is 73.1 Å². The number of hydrogen-bond donors (Lipinski definition) is 1. The van der Waals surface area contributed by atoms with E-state index in [9.17, 15) is 24.3 Å². The second-order valence-corrected chi connectivity index (χ2v) is 11.4. The summed E-state index contributed by atoms with van der Waals surface area (Å²) in [5, 5.41) is 11.5. The molecule has 36 heavy (non-hydrogen) atoms. The minimum atomic E-state index is -2.05. The molecule has 3 fully saturated rings. The van der Waals surface area contributed by atoms with E-state index in [4.69, 9.17) is 9.47 Å². The first kappa shape index (κ1) is 26.7. The first-order valence-electron chi connectivity index (χ1n) is 13.0. The fourth-order valence-electron chi connectivity index (χ4n) is 8.01. The Bertz CT molecular complexity index is 1050. The molecule has 7 nitrogen and oxygen atoms in total. The first-order chi connectivity index (χ1) is 16.8. The number of carbonyl (C=O) groups excluding carboxylic acids is 4. The van der Waals surface area contributed by atoms with Gasteiger partial charge in [-0.2, -0.15) is 0 Å². The van der Waals surface area contributed by atoms with Crippen molar-refractivity contribution in [2.75, 3.05) is 6.61 Å². The summed E-state index contributed by atoms with van der Waals surface area (Å²) < 4.78 is 28.5. The number of halogens is 1. The van der Waals surface area contributed by atoms with Crippen molar-refractivity contribution in [1.82, 2.24) is 0 Å². The lowest BCUT2D eigenvalue weighted by molar-refractivity contribution is -0.228. The third-order valence-electron chi connectivity index (χ3n) is 9.81. The van der Waals surface area contributed by atoms with Crippen LogP contribution in [0.5, 0.6) is 0 Å². The van der Waals surface area contributed by atoms with Gasteiger partial charge in [-0.15, -0.1) is 0 Å². The largest absolute Gasteiger partial charge is 0.457 e. The molecule has 0 saturated heterocycles. The molecule has 0 spiro atoms. The summed E-state index contributed by atoms with van der Waals surface area (Å²) in [7, 11) is 0. The summed E-state index contributed by atoms with van der Waals surface area (Å²) >= 11 is 0. The molecule has 8 heteroatoms. The standard InChI is InChI=1S/C28H37FO7/c1-6-23(33)35-15-22(32)28(36-24(34)7-2)16(3)12-20-19-9-8-17-13-18(30)10-11-25(17,4)27(19,29)21(31)14-26(20,28)5/h10-11,13,16,19-21,31H,6-9,12,14-15H2,1-5H3/t16?,19?,20-,21-,25?,26?,27-,28-/m0/s1. The molecular formula is C28H37FO7. The van der Waals surface area contributed by atoms with Crippen LogP contribution >= 0.6 is 0 Å². The zero-order valence-corrected chi connectivity index (χ0v) is 21.8. The summed E-state index contributed by atoms with van der Waals surface area (Å²) in [5.74, 6) is -3.31. The minimum Gasteiger partial charge on any atom is -0.457 e. The summed E-state index contributed by atoms with van der Waals surface area (Å²) in [5.41, 5.74) is -5.26. The highest BCUT2D eigenvalue weighted by molar-refractivity contribution is 6.01. The number of hydrogen-bond acceptors (Lipinski definition) is 7. The van der Waals surface area contributed by atoms with Gasteiger partial charge in [0.15, 0.2) is 23.7 Å². The van der Waals surface area contributed by atoms with E-state index in [0.717, 1.165) is 0 Å². The molecule has 1 N–H and O–H groups in total. The van der Waals surface area contributed by atoms with Crippen LogP contribution in [0.25, 0.3) is 0 Å². The van der Waals surface area contributed by atoms with Gasteiger partial charge in [-0.25, -0.2) is 4.39 Å². The lowest BCUT2D eigenvalue weighted by atomic mass is 9.44. The van der Waals surface area contributed by atoms with Gasteiger partial charge < -0.3 is 14.6 Å². The number of carbonyl (C=O) groups is 4. The molecule has 0 bridgehead atoms. The van der Waals surface area contributed by atoms with Gasteiger partial charge in [-0.1, -0.05) is 39.3 Å². The van der Waals surface area contributed by atoms with Crippen molar-refractivity contribution in [3.05, 3.63) is 23.8 Å². The van der Waals surface area contributed by atoms with Crippen LogP contribution in [-0.4, -0.2) is 52.6 Å². The quantitative estimate of drug-likeness (QED) is 0.548. The van der Waals surface area contributed by atoms with Gasteiger partial charge in [-0.05, 0) is 50.7 Å². The minimum absolute atomic E-state index is 0.0430. The Morgan fingerprint density at radius 1 is 1.14 bits per heavy atom. The molecule has 4 unspecified atom stereocenters. The smallest absolute Gasteiger partial charge is 0.306 e. The summed E-state index contributed by atoms with van der Waals surface area (Å²) in [4.78, 5) is 50.3. The number of allylic oxidation sites excluding steroid dienone is 4. The maximum atomic E-state index is 17.4. The van der Waals surface area contributed by atoms with E-state index in [2.05, 4.69) is 0 Å². The van der Waals surface area contributed by atoms with Crippen LogP contribution < -0.4 is 0 Å². The highest BCUT2D eigenvalue weighted by atomic mass is 19.1. The number of fused-ring (bicyclic) bond motifs is 5. The highest BCUT2D eigenvalue weighted by Gasteiger charge is 2.77. The molecule has 0 aromatic carbocycles.